The molecule has 2 aromatic rings. The van der Waals surface area contributed by atoms with Crippen LogP contribution in [-0.2, 0) is 16.1 Å². The quantitative estimate of drug-likeness (QED) is 0.854. The number of amides is 1. The topological polar surface area (TPSA) is 77.7 Å². The summed E-state index contributed by atoms with van der Waals surface area (Å²) >= 11 is 0. The first-order valence-electron chi connectivity index (χ1n) is 8.08. The first-order chi connectivity index (χ1) is 11.7. The van der Waals surface area contributed by atoms with Gasteiger partial charge in [0.25, 0.3) is 5.91 Å². The fourth-order valence-electron chi connectivity index (χ4n) is 2.53. The Morgan fingerprint density at radius 2 is 2.12 bits per heavy atom. The molecule has 3 rings (SSSR count). The Bertz CT molecular complexity index is 672. The van der Waals surface area contributed by atoms with Gasteiger partial charge < -0.3 is 10.5 Å². The molecule has 0 bridgehead atoms. The summed E-state index contributed by atoms with van der Waals surface area (Å²) in [5, 5.41) is 1.31. The maximum atomic E-state index is 12.8. The summed E-state index contributed by atoms with van der Waals surface area (Å²) in [5.41, 5.74) is 7.46. The van der Waals surface area contributed by atoms with E-state index in [4.69, 9.17) is 15.3 Å². The molecule has 1 aliphatic heterocycles. The number of carbonyl (C=O) groups is 1. The number of nitrogen functional groups attached to an aromatic ring is 1. The van der Waals surface area contributed by atoms with Crippen LogP contribution in [0.2, 0.25) is 0 Å². The van der Waals surface area contributed by atoms with E-state index in [9.17, 15) is 4.79 Å². The smallest absolute Gasteiger partial charge is 0.296 e. The minimum absolute atomic E-state index is 0.252. The lowest BCUT2D eigenvalue weighted by molar-refractivity contribution is -0.270. The molecule has 1 fully saturated rings. The van der Waals surface area contributed by atoms with E-state index in [1.807, 2.05) is 30.3 Å². The molecule has 6 nitrogen and oxygen atoms in total. The second-order valence-corrected chi connectivity index (χ2v) is 5.70. The highest BCUT2D eigenvalue weighted by atomic mass is 16.8. The van der Waals surface area contributed by atoms with Gasteiger partial charge in [-0.1, -0.05) is 30.3 Å². The summed E-state index contributed by atoms with van der Waals surface area (Å²) < 4.78 is 5.59. The number of benzene rings is 1. The van der Waals surface area contributed by atoms with Crippen molar-refractivity contribution in [2.75, 3.05) is 12.3 Å². The molecule has 1 aromatic carbocycles. The number of hydrogen-bond donors (Lipinski definition) is 1. The zero-order valence-corrected chi connectivity index (χ0v) is 13.4. The molecule has 0 spiro atoms. The van der Waals surface area contributed by atoms with Crippen LogP contribution in [0.15, 0.2) is 48.7 Å². The summed E-state index contributed by atoms with van der Waals surface area (Å²) in [7, 11) is 0. The lowest BCUT2D eigenvalue weighted by Crippen LogP contribution is -2.37. The standard InChI is InChI=1S/C18H21N3O3/c19-15-9-10-20-16(12-15)18(22)21(13-14-6-2-1-3-7-14)24-17-8-4-5-11-23-17/h1-3,6-7,9-10,12,17H,4-5,8,11,13H2,(H2,19,20)/t17-/m1/s1. The second-order valence-electron chi connectivity index (χ2n) is 5.70. The summed E-state index contributed by atoms with van der Waals surface area (Å²) in [6.45, 7) is 0.963. The van der Waals surface area contributed by atoms with Crippen LogP contribution in [0, 0.1) is 0 Å². The molecule has 2 N–H and O–H groups in total. The zero-order chi connectivity index (χ0) is 16.8. The molecule has 0 unspecified atom stereocenters. The molecule has 1 atom stereocenters. The molecule has 1 aromatic heterocycles. The van der Waals surface area contributed by atoms with Crippen LogP contribution in [-0.4, -0.2) is 28.9 Å². The average molecular weight is 327 g/mol. The third kappa shape index (κ3) is 4.31. The Hall–Kier alpha value is -2.44. The van der Waals surface area contributed by atoms with Crippen molar-refractivity contribution in [2.24, 2.45) is 0 Å². The Balaban J connectivity index is 1.78. The summed E-state index contributed by atoms with van der Waals surface area (Å²) in [6, 6.07) is 12.9. The summed E-state index contributed by atoms with van der Waals surface area (Å²) in [4.78, 5) is 22.7. The van der Waals surface area contributed by atoms with Gasteiger partial charge >= 0.3 is 0 Å². The largest absolute Gasteiger partial charge is 0.399 e. The van der Waals surface area contributed by atoms with Crippen molar-refractivity contribution in [2.45, 2.75) is 32.1 Å². The normalized spacial score (nSPS) is 17.4. The summed E-state index contributed by atoms with van der Waals surface area (Å²) in [6.07, 6.45) is 3.91. The number of aromatic nitrogens is 1. The van der Waals surface area contributed by atoms with Gasteiger partial charge in [0, 0.05) is 24.9 Å². The molecule has 0 radical (unpaired) electrons. The minimum atomic E-state index is -0.410. The van der Waals surface area contributed by atoms with E-state index in [-0.39, 0.29) is 11.6 Å². The van der Waals surface area contributed by atoms with E-state index in [1.165, 1.54) is 11.3 Å². The van der Waals surface area contributed by atoms with Gasteiger partial charge in [0.05, 0.1) is 6.54 Å². The van der Waals surface area contributed by atoms with Crippen molar-refractivity contribution < 1.29 is 14.4 Å². The maximum absolute atomic E-state index is 12.8. The molecule has 0 saturated carbocycles. The van der Waals surface area contributed by atoms with Crippen LogP contribution in [0.1, 0.15) is 35.3 Å². The molecule has 1 amide bonds. The highest BCUT2D eigenvalue weighted by Gasteiger charge is 2.24. The molecular formula is C18H21N3O3. The minimum Gasteiger partial charge on any atom is -0.399 e. The van der Waals surface area contributed by atoms with Crippen LogP contribution >= 0.6 is 0 Å². The average Bonchev–Trinajstić information content (AvgIpc) is 2.62. The number of anilines is 1. The van der Waals surface area contributed by atoms with Crippen LogP contribution < -0.4 is 5.73 Å². The highest BCUT2D eigenvalue weighted by molar-refractivity contribution is 5.92. The Labute approximate surface area is 141 Å². The fourth-order valence-corrected chi connectivity index (χ4v) is 2.53. The number of carbonyl (C=O) groups excluding carboxylic acids is 1. The molecule has 0 aliphatic carbocycles. The number of nitrogens with two attached hydrogens (primary N) is 1. The monoisotopic (exact) mass is 327 g/mol. The third-order valence-corrected chi connectivity index (χ3v) is 3.78. The van der Waals surface area contributed by atoms with E-state index in [2.05, 4.69) is 4.98 Å². The first kappa shape index (κ1) is 16.4. The number of ether oxygens (including phenoxy) is 1. The molecule has 2 heterocycles. The van der Waals surface area contributed by atoms with Gasteiger partial charge in [-0.15, -0.1) is 0 Å². The number of hydrogen-bond acceptors (Lipinski definition) is 5. The van der Waals surface area contributed by atoms with E-state index in [1.54, 1.807) is 12.1 Å². The fraction of sp³-hybridized carbons (Fsp3) is 0.333. The molecule has 24 heavy (non-hydrogen) atoms. The van der Waals surface area contributed by atoms with E-state index >= 15 is 0 Å². The predicted octanol–water partition coefficient (Wildman–Crippen LogP) is 2.76. The van der Waals surface area contributed by atoms with Crippen molar-refractivity contribution in [3.63, 3.8) is 0 Å². The molecule has 6 heteroatoms. The van der Waals surface area contributed by atoms with Crippen molar-refractivity contribution in [3.05, 3.63) is 59.9 Å². The van der Waals surface area contributed by atoms with Gasteiger partial charge in [-0.2, -0.15) is 0 Å². The van der Waals surface area contributed by atoms with Crippen molar-refractivity contribution in [1.82, 2.24) is 10.0 Å². The van der Waals surface area contributed by atoms with Crippen LogP contribution in [0.4, 0.5) is 5.69 Å². The van der Waals surface area contributed by atoms with Crippen LogP contribution in [0.5, 0.6) is 0 Å². The second kappa shape index (κ2) is 7.90. The molecular weight excluding hydrogens is 306 g/mol. The lowest BCUT2D eigenvalue weighted by atomic mass is 10.2. The van der Waals surface area contributed by atoms with Gasteiger partial charge in [-0.05, 0) is 30.5 Å². The predicted molar refractivity (Wildman–Crippen MR) is 89.6 cm³/mol. The first-order valence-corrected chi connectivity index (χ1v) is 8.08. The number of pyridine rings is 1. The number of rotatable bonds is 5. The van der Waals surface area contributed by atoms with Gasteiger partial charge in [-0.3, -0.25) is 9.78 Å². The molecule has 1 saturated heterocycles. The van der Waals surface area contributed by atoms with E-state index < -0.39 is 6.29 Å². The zero-order valence-electron chi connectivity index (χ0n) is 13.4. The SMILES string of the molecule is Nc1ccnc(C(=O)N(Cc2ccccc2)O[C@@H]2CCCCO2)c1. The van der Waals surface area contributed by atoms with Gasteiger partial charge in [0.2, 0.25) is 0 Å². The molecule has 1 aliphatic rings. The van der Waals surface area contributed by atoms with Crippen LogP contribution in [0.25, 0.3) is 0 Å². The Kier molecular flexibility index (Phi) is 5.40. The number of nitrogens with zero attached hydrogens (tertiary/aromatic N) is 2. The highest BCUT2D eigenvalue weighted by Crippen LogP contribution is 2.18. The van der Waals surface area contributed by atoms with Gasteiger partial charge in [0.1, 0.15) is 5.69 Å². The van der Waals surface area contributed by atoms with Crippen LogP contribution in [0.3, 0.4) is 0 Å². The Morgan fingerprint density at radius 3 is 2.83 bits per heavy atom. The van der Waals surface area contributed by atoms with Crippen molar-refractivity contribution >= 4 is 11.6 Å². The third-order valence-electron chi connectivity index (χ3n) is 3.78. The van der Waals surface area contributed by atoms with Crippen molar-refractivity contribution in [3.8, 4) is 0 Å². The Morgan fingerprint density at radius 1 is 1.29 bits per heavy atom. The molecule has 126 valence electrons. The van der Waals surface area contributed by atoms with Gasteiger partial charge in [0.15, 0.2) is 6.29 Å². The van der Waals surface area contributed by atoms with E-state index in [0.717, 1.165) is 24.8 Å². The number of hydroxylamine groups is 2. The van der Waals surface area contributed by atoms with Gasteiger partial charge in [-0.25, -0.2) is 9.90 Å². The maximum Gasteiger partial charge on any atom is 0.296 e. The van der Waals surface area contributed by atoms with E-state index in [0.29, 0.717) is 18.8 Å². The summed E-state index contributed by atoms with van der Waals surface area (Å²) in [5.74, 6) is -0.333. The van der Waals surface area contributed by atoms with Crippen molar-refractivity contribution in [1.29, 1.82) is 0 Å². The lowest BCUT2D eigenvalue weighted by Gasteiger charge is -2.29.